The van der Waals surface area contributed by atoms with E-state index in [1.807, 2.05) is 65.9 Å². The van der Waals surface area contributed by atoms with E-state index in [1.54, 1.807) is 7.11 Å². The van der Waals surface area contributed by atoms with Crippen molar-refractivity contribution in [1.29, 1.82) is 0 Å². The van der Waals surface area contributed by atoms with E-state index >= 15 is 0 Å². The topological polar surface area (TPSA) is 63.5 Å². The number of piperazine rings is 1. The lowest BCUT2D eigenvalue weighted by atomic mass is 9.99. The van der Waals surface area contributed by atoms with Gasteiger partial charge in [0.1, 0.15) is 5.75 Å². The second kappa shape index (κ2) is 10.0. The Morgan fingerprint density at radius 2 is 1.58 bits per heavy atom. The number of hydrogen-bond donors (Lipinski definition) is 0. The van der Waals surface area contributed by atoms with Gasteiger partial charge in [0.05, 0.1) is 18.5 Å². The molecule has 5 rings (SSSR count). The highest BCUT2D eigenvalue weighted by Crippen LogP contribution is 2.28. The fourth-order valence-electron chi connectivity index (χ4n) is 5.22. The monoisotopic (exact) mass is 483 g/mol. The van der Waals surface area contributed by atoms with Crippen molar-refractivity contribution in [3.05, 3.63) is 77.1 Å². The molecule has 0 N–H and O–H groups in total. The maximum atomic E-state index is 13.1. The van der Waals surface area contributed by atoms with Gasteiger partial charge in [-0.05, 0) is 74.7 Å². The molecule has 1 fully saturated rings. The van der Waals surface area contributed by atoms with Gasteiger partial charge in [-0.15, -0.1) is 0 Å². The number of aromatic nitrogens is 3. The lowest BCUT2D eigenvalue weighted by molar-refractivity contribution is -0.131. The summed E-state index contributed by atoms with van der Waals surface area (Å²) in [6.07, 6.45) is 1.18. The summed E-state index contributed by atoms with van der Waals surface area (Å²) in [4.78, 5) is 22.4. The zero-order valence-electron chi connectivity index (χ0n) is 21.5. The molecule has 0 saturated carbocycles. The standard InChI is InChI=1S/C29H33N5O2/c1-20-26(21(2)30-29-28(20)22(3)31-34(29)24-8-6-5-7-9-24)14-15-27(35)33-18-16-32(17-19-33)23-10-12-25(36-4)13-11-23/h5-13H,14-19H2,1-4H3. The largest absolute Gasteiger partial charge is 0.497 e. The van der Waals surface area contributed by atoms with E-state index < -0.39 is 0 Å². The van der Waals surface area contributed by atoms with Gasteiger partial charge in [-0.25, -0.2) is 9.67 Å². The fourth-order valence-corrected chi connectivity index (χ4v) is 5.22. The fraction of sp³-hybridized carbons (Fsp3) is 0.345. The SMILES string of the molecule is COc1ccc(N2CCN(C(=O)CCc3c(C)nc4c(c(C)nn4-c4ccccc4)c3C)CC2)cc1. The van der Waals surface area contributed by atoms with Gasteiger partial charge in [0.25, 0.3) is 0 Å². The van der Waals surface area contributed by atoms with Gasteiger partial charge in [0.15, 0.2) is 5.65 Å². The zero-order chi connectivity index (χ0) is 25.2. The number of hydrogen-bond acceptors (Lipinski definition) is 5. The van der Waals surface area contributed by atoms with E-state index in [2.05, 4.69) is 24.0 Å². The van der Waals surface area contributed by atoms with Crippen molar-refractivity contribution in [3.8, 4) is 11.4 Å². The molecule has 1 saturated heterocycles. The summed E-state index contributed by atoms with van der Waals surface area (Å²) in [5, 5.41) is 5.86. The average Bonchev–Trinajstić information content (AvgIpc) is 3.25. The second-order valence-corrected chi connectivity index (χ2v) is 9.40. The smallest absolute Gasteiger partial charge is 0.223 e. The van der Waals surface area contributed by atoms with Crippen molar-refractivity contribution in [2.75, 3.05) is 38.2 Å². The lowest BCUT2D eigenvalue weighted by Gasteiger charge is -2.36. The van der Waals surface area contributed by atoms with Gasteiger partial charge in [-0.3, -0.25) is 4.79 Å². The van der Waals surface area contributed by atoms with Crippen molar-refractivity contribution >= 4 is 22.6 Å². The van der Waals surface area contributed by atoms with Gasteiger partial charge < -0.3 is 14.5 Å². The number of methoxy groups -OCH3 is 1. The second-order valence-electron chi connectivity index (χ2n) is 9.40. The molecule has 2 aromatic heterocycles. The van der Waals surface area contributed by atoms with Gasteiger partial charge in [0, 0.05) is 49.4 Å². The number of rotatable bonds is 6. The molecule has 0 bridgehead atoms. The van der Waals surface area contributed by atoms with Gasteiger partial charge in [0.2, 0.25) is 5.91 Å². The van der Waals surface area contributed by atoms with Crippen molar-refractivity contribution in [2.24, 2.45) is 0 Å². The van der Waals surface area contributed by atoms with E-state index in [4.69, 9.17) is 14.8 Å². The maximum absolute atomic E-state index is 13.1. The third-order valence-electron chi connectivity index (χ3n) is 7.23. The molecule has 36 heavy (non-hydrogen) atoms. The minimum absolute atomic E-state index is 0.208. The molecule has 186 valence electrons. The van der Waals surface area contributed by atoms with Crippen LogP contribution in [0.1, 0.15) is 28.9 Å². The number of pyridine rings is 1. The van der Waals surface area contributed by atoms with Crippen LogP contribution in [0.2, 0.25) is 0 Å². The van der Waals surface area contributed by atoms with E-state index in [9.17, 15) is 4.79 Å². The molecular formula is C29H33N5O2. The predicted molar refractivity (Wildman–Crippen MR) is 143 cm³/mol. The van der Waals surface area contributed by atoms with E-state index in [0.717, 1.165) is 65.6 Å². The number of fused-ring (bicyclic) bond motifs is 1. The van der Waals surface area contributed by atoms with Crippen LogP contribution in [0.4, 0.5) is 5.69 Å². The summed E-state index contributed by atoms with van der Waals surface area (Å²) in [5.41, 5.74) is 7.30. The first-order valence-electron chi connectivity index (χ1n) is 12.5. The Kier molecular flexibility index (Phi) is 6.63. The number of nitrogens with zero attached hydrogens (tertiary/aromatic N) is 5. The number of amides is 1. The Labute approximate surface area is 212 Å². The van der Waals surface area contributed by atoms with Crippen LogP contribution < -0.4 is 9.64 Å². The van der Waals surface area contributed by atoms with Crippen molar-refractivity contribution < 1.29 is 9.53 Å². The Morgan fingerprint density at radius 1 is 0.889 bits per heavy atom. The summed E-state index contributed by atoms with van der Waals surface area (Å²) in [6.45, 7) is 9.35. The van der Waals surface area contributed by atoms with Crippen LogP contribution in [-0.4, -0.2) is 58.9 Å². The number of ether oxygens (including phenoxy) is 1. The maximum Gasteiger partial charge on any atom is 0.223 e. The van der Waals surface area contributed by atoms with Crippen LogP contribution in [0.15, 0.2) is 54.6 Å². The summed E-state index contributed by atoms with van der Waals surface area (Å²) in [5.74, 6) is 1.06. The first-order chi connectivity index (χ1) is 17.5. The quantitative estimate of drug-likeness (QED) is 0.400. The van der Waals surface area contributed by atoms with Crippen molar-refractivity contribution in [1.82, 2.24) is 19.7 Å². The number of carbonyl (C=O) groups is 1. The first kappa shape index (κ1) is 23.9. The number of carbonyl (C=O) groups excluding carboxylic acids is 1. The molecule has 4 aromatic rings. The number of anilines is 1. The van der Waals surface area contributed by atoms with Gasteiger partial charge in [-0.2, -0.15) is 5.10 Å². The molecule has 1 amide bonds. The zero-order valence-corrected chi connectivity index (χ0v) is 21.5. The highest BCUT2D eigenvalue weighted by molar-refractivity contribution is 5.85. The van der Waals surface area contributed by atoms with E-state index in [-0.39, 0.29) is 5.91 Å². The number of para-hydroxylation sites is 1. The van der Waals surface area contributed by atoms with Crippen LogP contribution in [0.3, 0.4) is 0 Å². The normalized spacial score (nSPS) is 13.9. The Balaban J connectivity index is 1.26. The molecule has 0 radical (unpaired) electrons. The van der Waals surface area contributed by atoms with Crippen LogP contribution in [-0.2, 0) is 11.2 Å². The van der Waals surface area contributed by atoms with Crippen LogP contribution in [0.25, 0.3) is 16.7 Å². The molecule has 0 spiro atoms. The molecule has 7 heteroatoms. The molecule has 3 heterocycles. The van der Waals surface area contributed by atoms with Gasteiger partial charge >= 0.3 is 0 Å². The van der Waals surface area contributed by atoms with Crippen molar-refractivity contribution in [2.45, 2.75) is 33.6 Å². The number of benzene rings is 2. The Morgan fingerprint density at radius 3 is 2.25 bits per heavy atom. The molecule has 1 aliphatic rings. The lowest BCUT2D eigenvalue weighted by Crippen LogP contribution is -2.48. The summed E-state index contributed by atoms with van der Waals surface area (Å²) in [7, 11) is 1.68. The van der Waals surface area contributed by atoms with Crippen molar-refractivity contribution in [3.63, 3.8) is 0 Å². The molecule has 2 aromatic carbocycles. The Bertz CT molecular complexity index is 1370. The summed E-state index contributed by atoms with van der Waals surface area (Å²) in [6, 6.07) is 18.2. The molecular weight excluding hydrogens is 450 g/mol. The van der Waals surface area contributed by atoms with Gasteiger partial charge in [-0.1, -0.05) is 18.2 Å². The third kappa shape index (κ3) is 4.53. The van der Waals surface area contributed by atoms with E-state index in [1.165, 1.54) is 11.3 Å². The molecule has 0 aliphatic carbocycles. The highest BCUT2D eigenvalue weighted by atomic mass is 16.5. The minimum Gasteiger partial charge on any atom is -0.497 e. The molecule has 0 unspecified atom stereocenters. The van der Waals surface area contributed by atoms with Crippen LogP contribution in [0.5, 0.6) is 5.75 Å². The molecule has 0 atom stereocenters. The third-order valence-corrected chi connectivity index (χ3v) is 7.23. The van der Waals surface area contributed by atoms with Crippen LogP contribution in [0, 0.1) is 20.8 Å². The van der Waals surface area contributed by atoms with E-state index in [0.29, 0.717) is 12.8 Å². The average molecular weight is 484 g/mol. The number of aryl methyl sites for hydroxylation is 3. The minimum atomic E-state index is 0.208. The highest BCUT2D eigenvalue weighted by Gasteiger charge is 2.23. The first-order valence-corrected chi connectivity index (χ1v) is 12.5. The van der Waals surface area contributed by atoms with Crippen LogP contribution >= 0.6 is 0 Å². The molecule has 1 aliphatic heterocycles. The molecule has 7 nitrogen and oxygen atoms in total. The Hall–Kier alpha value is -3.87. The predicted octanol–water partition coefficient (Wildman–Crippen LogP) is 4.64. The summed E-state index contributed by atoms with van der Waals surface area (Å²) < 4.78 is 7.17. The summed E-state index contributed by atoms with van der Waals surface area (Å²) >= 11 is 0.